The van der Waals surface area contributed by atoms with Crippen molar-refractivity contribution >= 4 is 27.7 Å². The van der Waals surface area contributed by atoms with E-state index >= 15 is 0 Å². The number of anilines is 1. The van der Waals surface area contributed by atoms with Gasteiger partial charge in [-0.05, 0) is 43.5 Å². The first-order valence-corrected chi connectivity index (χ1v) is 9.95. The normalized spacial score (nSPS) is 11.4. The zero-order valence-electron chi connectivity index (χ0n) is 15.6. The molecule has 0 aliphatic rings. The van der Waals surface area contributed by atoms with Crippen LogP contribution in [0.15, 0.2) is 17.0 Å². The summed E-state index contributed by atoms with van der Waals surface area (Å²) in [5.74, 6) is -0.923. The first-order valence-electron chi connectivity index (χ1n) is 8.51. The summed E-state index contributed by atoms with van der Waals surface area (Å²) in [6, 6.07) is 2.54. The highest BCUT2D eigenvalue weighted by atomic mass is 32.2. The minimum Gasteiger partial charge on any atom is -0.481 e. The Morgan fingerprint density at radius 3 is 2.31 bits per heavy atom. The molecule has 1 aromatic carbocycles. The van der Waals surface area contributed by atoms with Gasteiger partial charge in [-0.25, -0.2) is 13.2 Å². The summed E-state index contributed by atoms with van der Waals surface area (Å²) < 4.78 is 26.8. The zero-order valence-corrected chi connectivity index (χ0v) is 16.4. The summed E-state index contributed by atoms with van der Waals surface area (Å²) in [5, 5.41) is 13.8. The van der Waals surface area contributed by atoms with Gasteiger partial charge >= 0.3 is 12.0 Å². The molecule has 0 aromatic heterocycles. The standard InChI is InChI=1S/C17H27N3O5S/c1-5-20(6-2)26(24,25)14-10-12(3)13(4)15(11-14)19-17(23)18-9-7-8-16(21)22/h10-11H,5-9H2,1-4H3,(H,21,22)(H2,18,19,23). The average Bonchev–Trinajstić information content (AvgIpc) is 2.56. The van der Waals surface area contributed by atoms with Gasteiger partial charge in [0.05, 0.1) is 4.90 Å². The maximum Gasteiger partial charge on any atom is 0.319 e. The molecule has 0 bridgehead atoms. The third kappa shape index (κ3) is 5.70. The molecule has 0 unspecified atom stereocenters. The molecular formula is C17H27N3O5S. The molecule has 0 spiro atoms. The number of aryl methyl sites for hydroxylation is 1. The molecule has 1 aromatic rings. The van der Waals surface area contributed by atoms with Crippen molar-refractivity contribution < 1.29 is 23.1 Å². The van der Waals surface area contributed by atoms with Crippen molar-refractivity contribution in [1.29, 1.82) is 0 Å². The summed E-state index contributed by atoms with van der Waals surface area (Å²) in [4.78, 5) is 22.6. The maximum absolute atomic E-state index is 12.7. The largest absolute Gasteiger partial charge is 0.481 e. The molecule has 0 fully saturated rings. The van der Waals surface area contributed by atoms with Gasteiger partial charge in [0.1, 0.15) is 0 Å². The Balaban J connectivity index is 2.98. The number of carboxylic acids is 1. The molecule has 0 saturated heterocycles. The van der Waals surface area contributed by atoms with Gasteiger partial charge in [0, 0.05) is 31.7 Å². The number of hydrogen-bond donors (Lipinski definition) is 3. The Morgan fingerprint density at radius 1 is 1.15 bits per heavy atom. The lowest BCUT2D eigenvalue weighted by Gasteiger charge is -2.20. The minimum atomic E-state index is -3.63. The third-order valence-electron chi connectivity index (χ3n) is 4.09. The quantitative estimate of drug-likeness (QED) is 0.564. The average molecular weight is 385 g/mol. The van der Waals surface area contributed by atoms with E-state index in [1.165, 1.54) is 10.4 Å². The molecule has 3 N–H and O–H groups in total. The van der Waals surface area contributed by atoms with E-state index in [1.54, 1.807) is 33.8 Å². The number of sulfonamides is 1. The number of urea groups is 1. The first kappa shape index (κ1) is 21.9. The SMILES string of the molecule is CCN(CC)S(=O)(=O)c1cc(C)c(C)c(NC(=O)NCCCC(=O)O)c1. The molecule has 9 heteroatoms. The highest BCUT2D eigenvalue weighted by molar-refractivity contribution is 7.89. The van der Waals surface area contributed by atoms with Crippen LogP contribution in [0.1, 0.15) is 37.8 Å². The molecule has 1 rings (SSSR count). The van der Waals surface area contributed by atoms with E-state index in [2.05, 4.69) is 10.6 Å². The lowest BCUT2D eigenvalue weighted by molar-refractivity contribution is -0.137. The summed E-state index contributed by atoms with van der Waals surface area (Å²) in [7, 11) is -3.63. The third-order valence-corrected chi connectivity index (χ3v) is 6.11. The van der Waals surface area contributed by atoms with Crippen LogP contribution in [0.2, 0.25) is 0 Å². The molecule has 0 radical (unpaired) electrons. The smallest absolute Gasteiger partial charge is 0.319 e. The van der Waals surface area contributed by atoms with Crippen molar-refractivity contribution in [1.82, 2.24) is 9.62 Å². The van der Waals surface area contributed by atoms with Crippen molar-refractivity contribution in [3.05, 3.63) is 23.3 Å². The minimum absolute atomic E-state index is 0.0317. The van der Waals surface area contributed by atoms with Gasteiger partial charge in [0.15, 0.2) is 0 Å². The lowest BCUT2D eigenvalue weighted by atomic mass is 10.1. The fourth-order valence-corrected chi connectivity index (χ4v) is 4.00. The molecule has 8 nitrogen and oxygen atoms in total. The molecule has 0 heterocycles. The number of amides is 2. The molecule has 0 atom stereocenters. The van der Waals surface area contributed by atoms with E-state index in [0.717, 1.165) is 11.1 Å². The molecule has 0 aliphatic heterocycles. The van der Waals surface area contributed by atoms with Crippen LogP contribution in [-0.2, 0) is 14.8 Å². The second-order valence-corrected chi connectivity index (χ2v) is 7.82. The molecule has 146 valence electrons. The Labute approximate surface area is 154 Å². The number of nitrogens with zero attached hydrogens (tertiary/aromatic N) is 1. The van der Waals surface area contributed by atoms with Crippen molar-refractivity contribution in [3.8, 4) is 0 Å². The number of carboxylic acid groups (broad SMARTS) is 1. The van der Waals surface area contributed by atoms with Gasteiger partial charge in [0.25, 0.3) is 0 Å². The van der Waals surface area contributed by atoms with Crippen LogP contribution in [0.4, 0.5) is 10.5 Å². The van der Waals surface area contributed by atoms with Gasteiger partial charge in [-0.3, -0.25) is 4.79 Å². The number of benzene rings is 1. The van der Waals surface area contributed by atoms with E-state index in [4.69, 9.17) is 5.11 Å². The predicted molar refractivity (Wildman–Crippen MR) is 99.9 cm³/mol. The van der Waals surface area contributed by atoms with Gasteiger partial charge in [0.2, 0.25) is 10.0 Å². The second-order valence-electron chi connectivity index (χ2n) is 5.88. The van der Waals surface area contributed by atoms with Gasteiger partial charge in [-0.1, -0.05) is 13.8 Å². The second kappa shape index (κ2) is 9.54. The number of carbonyl (C=O) groups excluding carboxylic acids is 1. The van der Waals surface area contributed by atoms with Crippen LogP contribution in [0, 0.1) is 13.8 Å². The van der Waals surface area contributed by atoms with Crippen LogP contribution in [0.25, 0.3) is 0 Å². The molecular weight excluding hydrogens is 358 g/mol. The van der Waals surface area contributed by atoms with E-state index < -0.39 is 22.0 Å². The van der Waals surface area contributed by atoms with Crippen LogP contribution in [0.3, 0.4) is 0 Å². The molecule has 0 aliphatic carbocycles. The number of aliphatic carboxylic acids is 1. The fourth-order valence-electron chi connectivity index (χ4n) is 2.43. The van der Waals surface area contributed by atoms with Crippen molar-refractivity contribution in [3.63, 3.8) is 0 Å². The Kier molecular flexibility index (Phi) is 8.04. The molecule has 0 saturated carbocycles. The maximum atomic E-state index is 12.7. The Hall–Kier alpha value is -2.13. The molecule has 26 heavy (non-hydrogen) atoms. The van der Waals surface area contributed by atoms with E-state index in [9.17, 15) is 18.0 Å². The predicted octanol–water partition coefficient (Wildman–Crippen LogP) is 2.32. The van der Waals surface area contributed by atoms with Crippen LogP contribution >= 0.6 is 0 Å². The topological polar surface area (TPSA) is 116 Å². The van der Waals surface area contributed by atoms with Gasteiger partial charge in [-0.15, -0.1) is 0 Å². The first-order chi connectivity index (χ1) is 12.1. The summed E-state index contributed by atoms with van der Waals surface area (Å²) in [6.07, 6.45) is 0.285. The number of carbonyl (C=O) groups is 2. The number of rotatable bonds is 9. The summed E-state index contributed by atoms with van der Waals surface area (Å²) in [5.41, 5.74) is 1.93. The van der Waals surface area contributed by atoms with E-state index in [0.29, 0.717) is 25.2 Å². The van der Waals surface area contributed by atoms with E-state index in [1.807, 2.05) is 0 Å². The Bertz CT molecular complexity index is 758. The van der Waals surface area contributed by atoms with Crippen molar-refractivity contribution in [2.75, 3.05) is 25.0 Å². The molecule has 2 amide bonds. The number of hydrogen-bond acceptors (Lipinski definition) is 4. The Morgan fingerprint density at radius 2 is 1.77 bits per heavy atom. The van der Waals surface area contributed by atoms with Gasteiger partial charge < -0.3 is 15.7 Å². The van der Waals surface area contributed by atoms with E-state index in [-0.39, 0.29) is 17.9 Å². The van der Waals surface area contributed by atoms with Crippen LogP contribution in [0.5, 0.6) is 0 Å². The fraction of sp³-hybridized carbons (Fsp3) is 0.529. The summed E-state index contributed by atoms with van der Waals surface area (Å²) >= 11 is 0. The van der Waals surface area contributed by atoms with Crippen molar-refractivity contribution in [2.24, 2.45) is 0 Å². The lowest BCUT2D eigenvalue weighted by Crippen LogP contribution is -2.32. The monoisotopic (exact) mass is 385 g/mol. The summed E-state index contributed by atoms with van der Waals surface area (Å²) in [6.45, 7) is 8.05. The van der Waals surface area contributed by atoms with Crippen LogP contribution < -0.4 is 10.6 Å². The van der Waals surface area contributed by atoms with Crippen molar-refractivity contribution in [2.45, 2.75) is 45.4 Å². The van der Waals surface area contributed by atoms with Crippen LogP contribution in [-0.4, -0.2) is 49.5 Å². The highest BCUT2D eigenvalue weighted by Gasteiger charge is 2.23. The zero-order chi connectivity index (χ0) is 19.9. The van der Waals surface area contributed by atoms with Gasteiger partial charge in [-0.2, -0.15) is 4.31 Å². The highest BCUT2D eigenvalue weighted by Crippen LogP contribution is 2.26. The number of nitrogens with one attached hydrogen (secondary N) is 2.